The molecule has 0 aliphatic heterocycles. The van der Waals surface area contributed by atoms with Gasteiger partial charge in [-0.1, -0.05) is 13.8 Å². The van der Waals surface area contributed by atoms with Crippen LogP contribution in [0.2, 0.25) is 0 Å². The minimum absolute atomic E-state index is 0.102. The lowest BCUT2D eigenvalue weighted by Crippen LogP contribution is -2.11. The lowest BCUT2D eigenvalue weighted by molar-refractivity contribution is -0.138. The molecular weight excluding hydrogens is 196 g/mol. The number of hydrogen-bond donors (Lipinski definition) is 2. The van der Waals surface area contributed by atoms with Crippen molar-refractivity contribution < 1.29 is 15.0 Å². The van der Waals surface area contributed by atoms with Crippen molar-refractivity contribution in [1.82, 2.24) is 9.97 Å². The first-order chi connectivity index (χ1) is 6.93. The van der Waals surface area contributed by atoms with Gasteiger partial charge in [0.25, 0.3) is 0 Å². The van der Waals surface area contributed by atoms with Crippen LogP contribution in [0.15, 0.2) is 6.20 Å². The predicted octanol–water partition coefficient (Wildman–Crippen LogP) is 1.49. The van der Waals surface area contributed by atoms with Gasteiger partial charge >= 0.3 is 5.97 Å². The third-order valence-corrected chi connectivity index (χ3v) is 2.11. The van der Waals surface area contributed by atoms with Gasteiger partial charge in [0.2, 0.25) is 0 Å². The first kappa shape index (κ1) is 11.4. The molecule has 1 aromatic heterocycles. The number of carbonyl (C=O) groups is 1. The van der Waals surface area contributed by atoms with Crippen LogP contribution < -0.4 is 0 Å². The molecule has 0 aliphatic rings. The number of rotatable bonds is 3. The smallest absolute Gasteiger partial charge is 0.312 e. The molecule has 1 heterocycles. The lowest BCUT2D eigenvalue weighted by atomic mass is 10.1. The number of aromatic hydroxyl groups is 1. The molecule has 5 nitrogen and oxygen atoms in total. The minimum Gasteiger partial charge on any atom is -0.504 e. The van der Waals surface area contributed by atoms with Crippen LogP contribution in [0, 0.1) is 0 Å². The van der Waals surface area contributed by atoms with E-state index >= 15 is 0 Å². The van der Waals surface area contributed by atoms with E-state index in [2.05, 4.69) is 9.97 Å². The second-order valence-electron chi connectivity index (χ2n) is 3.71. The summed E-state index contributed by atoms with van der Waals surface area (Å²) in [5.41, 5.74) is 0.168. The molecule has 1 unspecified atom stereocenters. The summed E-state index contributed by atoms with van der Waals surface area (Å²) in [6, 6.07) is 0. The van der Waals surface area contributed by atoms with E-state index in [4.69, 9.17) is 5.11 Å². The lowest BCUT2D eigenvalue weighted by Gasteiger charge is -2.10. The van der Waals surface area contributed by atoms with Gasteiger partial charge in [0.15, 0.2) is 5.75 Å². The van der Waals surface area contributed by atoms with Crippen LogP contribution in [0.5, 0.6) is 5.75 Å². The fourth-order valence-corrected chi connectivity index (χ4v) is 1.12. The van der Waals surface area contributed by atoms with E-state index in [9.17, 15) is 9.90 Å². The van der Waals surface area contributed by atoms with Crippen LogP contribution in [0.25, 0.3) is 0 Å². The first-order valence-electron chi connectivity index (χ1n) is 4.72. The van der Waals surface area contributed by atoms with E-state index in [1.54, 1.807) is 0 Å². The monoisotopic (exact) mass is 210 g/mol. The molecule has 0 amide bonds. The Kier molecular flexibility index (Phi) is 3.24. The highest BCUT2D eigenvalue weighted by Crippen LogP contribution is 2.24. The number of aromatic nitrogens is 2. The molecule has 0 saturated heterocycles. The largest absolute Gasteiger partial charge is 0.504 e. The van der Waals surface area contributed by atoms with Gasteiger partial charge in [0, 0.05) is 5.92 Å². The minimum atomic E-state index is -1.02. The molecule has 0 bridgehead atoms. The zero-order chi connectivity index (χ0) is 11.6. The van der Waals surface area contributed by atoms with Crippen molar-refractivity contribution in [2.24, 2.45) is 0 Å². The fourth-order valence-electron chi connectivity index (χ4n) is 1.12. The Morgan fingerprint density at radius 1 is 1.40 bits per heavy atom. The zero-order valence-electron chi connectivity index (χ0n) is 8.93. The van der Waals surface area contributed by atoms with E-state index in [-0.39, 0.29) is 17.4 Å². The Morgan fingerprint density at radius 2 is 2.00 bits per heavy atom. The molecule has 0 aromatic carbocycles. The third-order valence-electron chi connectivity index (χ3n) is 2.11. The molecule has 0 spiro atoms. The maximum Gasteiger partial charge on any atom is 0.312 e. The summed E-state index contributed by atoms with van der Waals surface area (Å²) in [7, 11) is 0. The number of carboxylic acid groups (broad SMARTS) is 1. The van der Waals surface area contributed by atoms with Crippen LogP contribution in [0.4, 0.5) is 0 Å². The summed E-state index contributed by atoms with van der Waals surface area (Å²) < 4.78 is 0. The van der Waals surface area contributed by atoms with Crippen molar-refractivity contribution in [3.63, 3.8) is 0 Å². The Bertz CT molecular complexity index is 377. The van der Waals surface area contributed by atoms with Gasteiger partial charge in [0.1, 0.15) is 5.82 Å². The van der Waals surface area contributed by atoms with Crippen molar-refractivity contribution in [3.8, 4) is 5.75 Å². The molecule has 82 valence electrons. The highest BCUT2D eigenvalue weighted by atomic mass is 16.4. The van der Waals surface area contributed by atoms with Gasteiger partial charge in [-0.2, -0.15) is 0 Å². The van der Waals surface area contributed by atoms with Crippen molar-refractivity contribution in [2.45, 2.75) is 32.6 Å². The van der Waals surface area contributed by atoms with Crippen molar-refractivity contribution in [3.05, 3.63) is 17.7 Å². The normalized spacial score (nSPS) is 12.8. The molecule has 1 aromatic rings. The average Bonchev–Trinajstić information content (AvgIpc) is 2.16. The van der Waals surface area contributed by atoms with Crippen LogP contribution in [0.3, 0.4) is 0 Å². The summed E-state index contributed by atoms with van der Waals surface area (Å²) in [5.74, 6) is -1.38. The van der Waals surface area contributed by atoms with E-state index in [0.717, 1.165) is 0 Å². The Hall–Kier alpha value is -1.65. The SMILES string of the molecule is CC(C)c1ncc(O)c(C(C)C(=O)O)n1. The zero-order valence-corrected chi connectivity index (χ0v) is 8.93. The number of hydrogen-bond acceptors (Lipinski definition) is 4. The van der Waals surface area contributed by atoms with Gasteiger partial charge in [0.05, 0.1) is 17.8 Å². The predicted molar refractivity (Wildman–Crippen MR) is 53.8 cm³/mol. The number of nitrogens with zero attached hydrogens (tertiary/aromatic N) is 2. The van der Waals surface area contributed by atoms with E-state index in [1.165, 1.54) is 13.1 Å². The standard InChI is InChI=1S/C10H14N2O3/c1-5(2)9-11-4-7(13)8(12-9)6(3)10(14)15/h4-6,13H,1-3H3,(H,14,15). The second kappa shape index (κ2) is 4.25. The summed E-state index contributed by atoms with van der Waals surface area (Å²) in [6.45, 7) is 5.29. The molecule has 15 heavy (non-hydrogen) atoms. The quantitative estimate of drug-likeness (QED) is 0.789. The van der Waals surface area contributed by atoms with Crippen LogP contribution in [-0.2, 0) is 4.79 Å². The van der Waals surface area contributed by atoms with Crippen molar-refractivity contribution >= 4 is 5.97 Å². The van der Waals surface area contributed by atoms with E-state index < -0.39 is 11.9 Å². The Morgan fingerprint density at radius 3 is 2.47 bits per heavy atom. The summed E-state index contributed by atoms with van der Waals surface area (Å²) >= 11 is 0. The number of aliphatic carboxylic acids is 1. The van der Waals surface area contributed by atoms with E-state index in [1.807, 2.05) is 13.8 Å². The van der Waals surface area contributed by atoms with Gasteiger partial charge in [-0.15, -0.1) is 0 Å². The molecular formula is C10H14N2O3. The summed E-state index contributed by atoms with van der Waals surface area (Å²) in [5, 5.41) is 18.3. The summed E-state index contributed by atoms with van der Waals surface area (Å²) in [6.07, 6.45) is 1.25. The van der Waals surface area contributed by atoms with Gasteiger partial charge in [-0.3, -0.25) is 4.79 Å². The van der Waals surface area contributed by atoms with Crippen LogP contribution >= 0.6 is 0 Å². The molecule has 0 fully saturated rings. The maximum atomic E-state index is 10.8. The van der Waals surface area contributed by atoms with Gasteiger partial charge < -0.3 is 10.2 Å². The topological polar surface area (TPSA) is 83.3 Å². The van der Waals surface area contributed by atoms with Crippen LogP contribution in [-0.4, -0.2) is 26.2 Å². The van der Waals surface area contributed by atoms with Gasteiger partial charge in [-0.05, 0) is 6.92 Å². The van der Waals surface area contributed by atoms with Gasteiger partial charge in [-0.25, -0.2) is 9.97 Å². The van der Waals surface area contributed by atoms with Crippen molar-refractivity contribution in [2.75, 3.05) is 0 Å². The fraction of sp³-hybridized carbons (Fsp3) is 0.500. The highest BCUT2D eigenvalue weighted by molar-refractivity contribution is 5.75. The van der Waals surface area contributed by atoms with Crippen molar-refractivity contribution in [1.29, 1.82) is 0 Å². The molecule has 1 rings (SSSR count). The summed E-state index contributed by atoms with van der Waals surface area (Å²) in [4.78, 5) is 18.7. The maximum absolute atomic E-state index is 10.8. The third kappa shape index (κ3) is 2.43. The Balaban J connectivity index is 3.16. The van der Waals surface area contributed by atoms with Crippen LogP contribution in [0.1, 0.15) is 44.1 Å². The number of carboxylic acids is 1. The second-order valence-corrected chi connectivity index (χ2v) is 3.71. The average molecular weight is 210 g/mol. The van der Waals surface area contributed by atoms with E-state index in [0.29, 0.717) is 5.82 Å². The molecule has 2 N–H and O–H groups in total. The molecule has 0 saturated carbocycles. The Labute approximate surface area is 87.8 Å². The molecule has 0 aliphatic carbocycles. The molecule has 5 heteroatoms. The molecule has 1 atom stereocenters. The highest BCUT2D eigenvalue weighted by Gasteiger charge is 2.20. The molecule has 0 radical (unpaired) electrons. The first-order valence-corrected chi connectivity index (χ1v) is 4.72.